The fourth-order valence-corrected chi connectivity index (χ4v) is 6.25. The Balaban J connectivity index is 1.22. The van der Waals surface area contributed by atoms with E-state index in [1.54, 1.807) is 0 Å². The zero-order chi connectivity index (χ0) is 25.8. The molecule has 0 N–H and O–H groups in total. The van der Waals surface area contributed by atoms with Gasteiger partial charge in [-0.2, -0.15) is 0 Å². The molecule has 0 aliphatic heterocycles. The lowest BCUT2D eigenvalue weighted by atomic mass is 10.0. The minimum atomic E-state index is 0.871. The normalized spacial score (nSPS) is 11.7. The van der Waals surface area contributed by atoms with Gasteiger partial charge in [-0.1, -0.05) is 97.1 Å². The molecule has 0 aliphatic rings. The van der Waals surface area contributed by atoms with Crippen molar-refractivity contribution in [3.05, 3.63) is 157 Å². The SMILES string of the molecule is c1cc(Cc2cccc(-n3c4ccccc4c4ccccc43)c2)cc(-n2c3ccccc3c3ccccc32)c1. The van der Waals surface area contributed by atoms with E-state index in [1.807, 2.05) is 0 Å². The average molecular weight is 499 g/mol. The Bertz CT molecular complexity index is 1900. The molecule has 0 saturated heterocycles. The molecule has 184 valence electrons. The first kappa shape index (κ1) is 22.0. The molecule has 8 aromatic rings. The first-order valence-electron chi connectivity index (χ1n) is 13.5. The summed E-state index contributed by atoms with van der Waals surface area (Å²) in [5.74, 6) is 0. The van der Waals surface area contributed by atoms with Crippen LogP contribution in [0.2, 0.25) is 0 Å². The first-order chi connectivity index (χ1) is 19.3. The Morgan fingerprint density at radius 2 is 0.667 bits per heavy atom. The number of hydrogen-bond donors (Lipinski definition) is 0. The zero-order valence-corrected chi connectivity index (χ0v) is 21.5. The Morgan fingerprint density at radius 1 is 0.333 bits per heavy atom. The Labute approximate surface area is 227 Å². The number of nitrogens with zero attached hydrogens (tertiary/aromatic N) is 2. The van der Waals surface area contributed by atoms with Gasteiger partial charge in [0, 0.05) is 32.9 Å². The van der Waals surface area contributed by atoms with E-state index in [-0.39, 0.29) is 0 Å². The quantitative estimate of drug-likeness (QED) is 0.229. The summed E-state index contributed by atoms with van der Waals surface area (Å²) in [7, 11) is 0. The van der Waals surface area contributed by atoms with Gasteiger partial charge < -0.3 is 9.13 Å². The number of benzene rings is 6. The monoisotopic (exact) mass is 498 g/mol. The molecule has 2 heterocycles. The van der Waals surface area contributed by atoms with Gasteiger partial charge in [0.15, 0.2) is 0 Å². The molecule has 39 heavy (non-hydrogen) atoms. The molecular formula is C37H26N2. The molecule has 0 unspecified atom stereocenters. The van der Waals surface area contributed by atoms with Crippen LogP contribution in [0.3, 0.4) is 0 Å². The predicted molar refractivity (Wildman–Crippen MR) is 164 cm³/mol. The molecule has 0 aliphatic carbocycles. The fraction of sp³-hybridized carbons (Fsp3) is 0.0270. The van der Waals surface area contributed by atoms with Crippen molar-refractivity contribution < 1.29 is 0 Å². The lowest BCUT2D eigenvalue weighted by Gasteiger charge is -2.12. The largest absolute Gasteiger partial charge is 0.309 e. The van der Waals surface area contributed by atoms with Gasteiger partial charge in [-0.15, -0.1) is 0 Å². The van der Waals surface area contributed by atoms with Crippen LogP contribution >= 0.6 is 0 Å². The van der Waals surface area contributed by atoms with Crippen LogP contribution in [0, 0.1) is 0 Å². The van der Waals surface area contributed by atoms with Crippen LogP contribution in [0.4, 0.5) is 0 Å². The van der Waals surface area contributed by atoms with E-state index in [1.165, 1.54) is 66.1 Å². The number of para-hydroxylation sites is 4. The summed E-state index contributed by atoms with van der Waals surface area (Å²) in [4.78, 5) is 0. The van der Waals surface area contributed by atoms with Crippen molar-refractivity contribution in [2.45, 2.75) is 6.42 Å². The van der Waals surface area contributed by atoms with E-state index in [0.29, 0.717) is 0 Å². The molecule has 0 spiro atoms. The molecule has 8 rings (SSSR count). The maximum atomic E-state index is 2.39. The minimum Gasteiger partial charge on any atom is -0.309 e. The zero-order valence-electron chi connectivity index (χ0n) is 21.5. The van der Waals surface area contributed by atoms with Gasteiger partial charge in [0.2, 0.25) is 0 Å². The molecular weight excluding hydrogens is 472 g/mol. The average Bonchev–Trinajstić information content (AvgIpc) is 3.51. The molecule has 0 fully saturated rings. The van der Waals surface area contributed by atoms with Crippen LogP contribution < -0.4 is 0 Å². The summed E-state index contributed by atoms with van der Waals surface area (Å²) in [6.45, 7) is 0. The van der Waals surface area contributed by atoms with Gasteiger partial charge in [0.25, 0.3) is 0 Å². The van der Waals surface area contributed by atoms with Crippen LogP contribution in [0.25, 0.3) is 55.0 Å². The van der Waals surface area contributed by atoms with Crippen molar-refractivity contribution in [2.24, 2.45) is 0 Å². The second-order valence-electron chi connectivity index (χ2n) is 10.3. The molecule has 2 nitrogen and oxygen atoms in total. The molecule has 6 aromatic carbocycles. The highest BCUT2D eigenvalue weighted by atomic mass is 15.0. The number of rotatable bonds is 4. The lowest BCUT2D eigenvalue weighted by molar-refractivity contribution is 1.12. The molecule has 0 bridgehead atoms. The van der Waals surface area contributed by atoms with E-state index in [4.69, 9.17) is 0 Å². The van der Waals surface area contributed by atoms with Gasteiger partial charge >= 0.3 is 0 Å². The van der Waals surface area contributed by atoms with Crippen LogP contribution in [0.5, 0.6) is 0 Å². The third-order valence-corrected chi connectivity index (χ3v) is 7.91. The van der Waals surface area contributed by atoms with E-state index >= 15 is 0 Å². The third-order valence-electron chi connectivity index (χ3n) is 7.91. The lowest BCUT2D eigenvalue weighted by Crippen LogP contribution is -1.98. The van der Waals surface area contributed by atoms with Gasteiger partial charge in [-0.05, 0) is 66.1 Å². The highest BCUT2D eigenvalue weighted by Gasteiger charge is 2.13. The fourth-order valence-electron chi connectivity index (χ4n) is 6.25. The van der Waals surface area contributed by atoms with Gasteiger partial charge in [-0.3, -0.25) is 0 Å². The summed E-state index contributed by atoms with van der Waals surface area (Å²) in [5.41, 5.74) is 9.95. The number of fused-ring (bicyclic) bond motifs is 6. The van der Waals surface area contributed by atoms with Crippen molar-refractivity contribution in [2.75, 3.05) is 0 Å². The highest BCUT2D eigenvalue weighted by Crippen LogP contribution is 2.33. The topological polar surface area (TPSA) is 9.86 Å². The van der Waals surface area contributed by atoms with Gasteiger partial charge in [0.1, 0.15) is 0 Å². The second-order valence-corrected chi connectivity index (χ2v) is 10.3. The van der Waals surface area contributed by atoms with Crippen molar-refractivity contribution in [3.63, 3.8) is 0 Å². The van der Waals surface area contributed by atoms with E-state index in [2.05, 4.69) is 155 Å². The summed E-state index contributed by atoms with van der Waals surface area (Å²) in [5, 5.41) is 5.16. The minimum absolute atomic E-state index is 0.871. The summed E-state index contributed by atoms with van der Waals surface area (Å²) >= 11 is 0. The molecule has 2 heteroatoms. The number of hydrogen-bond acceptors (Lipinski definition) is 0. The third kappa shape index (κ3) is 3.49. The van der Waals surface area contributed by atoms with E-state index in [0.717, 1.165) is 6.42 Å². The first-order valence-corrected chi connectivity index (χ1v) is 13.5. The smallest absolute Gasteiger partial charge is 0.0541 e. The van der Waals surface area contributed by atoms with Crippen LogP contribution in [-0.4, -0.2) is 9.13 Å². The van der Waals surface area contributed by atoms with Crippen molar-refractivity contribution in [3.8, 4) is 11.4 Å². The van der Waals surface area contributed by atoms with Crippen LogP contribution in [0.15, 0.2) is 146 Å². The highest BCUT2D eigenvalue weighted by molar-refractivity contribution is 6.10. The number of aromatic nitrogens is 2. The summed E-state index contributed by atoms with van der Waals surface area (Å²) in [6, 6.07) is 52.7. The standard InChI is InChI=1S/C37H26N2/c1-5-19-34-30(15-1)31-16-2-6-20-35(31)38(34)28-13-9-11-26(24-28)23-27-12-10-14-29(25-27)39-36-21-7-3-17-32(36)33-18-4-8-22-37(33)39/h1-22,24-25H,23H2. The molecule has 2 aromatic heterocycles. The molecule has 0 saturated carbocycles. The van der Waals surface area contributed by atoms with Crippen molar-refractivity contribution in [1.29, 1.82) is 0 Å². The van der Waals surface area contributed by atoms with Crippen molar-refractivity contribution in [1.82, 2.24) is 9.13 Å². The Kier molecular flexibility index (Phi) is 4.92. The van der Waals surface area contributed by atoms with Crippen LogP contribution in [0.1, 0.15) is 11.1 Å². The molecule has 0 amide bonds. The summed E-state index contributed by atoms with van der Waals surface area (Å²) < 4.78 is 4.78. The van der Waals surface area contributed by atoms with Gasteiger partial charge in [-0.25, -0.2) is 0 Å². The van der Waals surface area contributed by atoms with Gasteiger partial charge in [0.05, 0.1) is 22.1 Å². The summed E-state index contributed by atoms with van der Waals surface area (Å²) in [6.07, 6.45) is 0.871. The van der Waals surface area contributed by atoms with Crippen molar-refractivity contribution >= 4 is 43.6 Å². The second kappa shape index (κ2) is 8.75. The van der Waals surface area contributed by atoms with E-state index < -0.39 is 0 Å². The Hall–Kier alpha value is -5.08. The van der Waals surface area contributed by atoms with E-state index in [9.17, 15) is 0 Å². The Morgan fingerprint density at radius 3 is 1.03 bits per heavy atom. The maximum Gasteiger partial charge on any atom is 0.0541 e. The van der Waals surface area contributed by atoms with Crippen LogP contribution in [-0.2, 0) is 6.42 Å². The molecule has 0 radical (unpaired) electrons. The molecule has 0 atom stereocenters. The maximum absolute atomic E-state index is 2.39. The predicted octanol–water partition coefficient (Wildman–Crippen LogP) is 9.47.